The average molecular weight is 554 g/mol. The van der Waals surface area contributed by atoms with Crippen LogP contribution in [0.2, 0.25) is 0 Å². The molecule has 0 aliphatic carbocycles. The topological polar surface area (TPSA) is 97.3 Å². The first-order valence-corrected chi connectivity index (χ1v) is 13.7. The van der Waals surface area contributed by atoms with Crippen LogP contribution in [-0.2, 0) is 31.2 Å². The molecule has 1 saturated heterocycles. The number of ether oxygens (including phenoxy) is 3. The minimum atomic E-state index is -1.35. The van der Waals surface area contributed by atoms with Crippen LogP contribution >= 0.6 is 0 Å². The van der Waals surface area contributed by atoms with Gasteiger partial charge in [-0.15, -0.1) is 0 Å². The van der Waals surface area contributed by atoms with Crippen molar-refractivity contribution in [1.82, 2.24) is 5.32 Å². The molecule has 7 nitrogen and oxygen atoms in total. The smallest absolute Gasteiger partial charge is 0.217 e. The summed E-state index contributed by atoms with van der Waals surface area (Å²) in [7, 11) is 0. The van der Waals surface area contributed by atoms with Gasteiger partial charge in [0.15, 0.2) is 6.29 Å². The fraction of sp³-hybridized carbons (Fsp3) is 0.265. The SMILES string of the molecule is CC(=O)NC1C(OCc2ccccc2)OC(COC(c2ccccc2)(c2ccccc2)c2ccccc2)C(O)C1O. The van der Waals surface area contributed by atoms with Gasteiger partial charge in [0.2, 0.25) is 5.91 Å². The molecule has 0 radical (unpaired) electrons. The molecule has 0 bridgehead atoms. The quantitative estimate of drug-likeness (QED) is 0.255. The van der Waals surface area contributed by atoms with E-state index in [1.54, 1.807) is 0 Å². The van der Waals surface area contributed by atoms with Crippen molar-refractivity contribution in [3.63, 3.8) is 0 Å². The summed E-state index contributed by atoms with van der Waals surface area (Å²) in [5.41, 5.74) is 2.57. The van der Waals surface area contributed by atoms with Crippen LogP contribution in [0.15, 0.2) is 121 Å². The van der Waals surface area contributed by atoms with E-state index in [1.807, 2.05) is 121 Å². The van der Waals surface area contributed by atoms with Gasteiger partial charge in [0, 0.05) is 6.92 Å². The lowest BCUT2D eigenvalue weighted by Crippen LogP contribution is -2.64. The van der Waals surface area contributed by atoms with Crippen molar-refractivity contribution in [3.8, 4) is 0 Å². The molecule has 7 heteroatoms. The van der Waals surface area contributed by atoms with Gasteiger partial charge in [0.1, 0.15) is 30.0 Å². The largest absolute Gasteiger partial charge is 0.388 e. The third-order valence-corrected chi connectivity index (χ3v) is 7.33. The summed E-state index contributed by atoms with van der Waals surface area (Å²) in [6.45, 7) is 1.46. The lowest BCUT2D eigenvalue weighted by atomic mass is 9.80. The van der Waals surface area contributed by atoms with Crippen molar-refractivity contribution < 1.29 is 29.2 Å². The number of amides is 1. The molecule has 1 heterocycles. The highest BCUT2D eigenvalue weighted by molar-refractivity contribution is 5.73. The predicted molar refractivity (Wildman–Crippen MR) is 155 cm³/mol. The van der Waals surface area contributed by atoms with Gasteiger partial charge in [0.05, 0.1) is 13.2 Å². The van der Waals surface area contributed by atoms with E-state index in [4.69, 9.17) is 14.2 Å². The van der Waals surface area contributed by atoms with E-state index >= 15 is 0 Å². The lowest BCUT2D eigenvalue weighted by molar-refractivity contribution is -0.279. The van der Waals surface area contributed by atoms with Crippen LogP contribution < -0.4 is 5.32 Å². The van der Waals surface area contributed by atoms with Crippen LogP contribution in [0.3, 0.4) is 0 Å². The third-order valence-electron chi connectivity index (χ3n) is 7.33. The van der Waals surface area contributed by atoms with E-state index in [0.29, 0.717) is 0 Å². The maximum Gasteiger partial charge on any atom is 0.217 e. The number of carbonyl (C=O) groups excluding carboxylic acids is 1. The zero-order valence-corrected chi connectivity index (χ0v) is 22.9. The summed E-state index contributed by atoms with van der Waals surface area (Å²) in [6.07, 6.45) is -4.66. The second kappa shape index (κ2) is 13.2. The minimum absolute atomic E-state index is 0.0745. The van der Waals surface area contributed by atoms with E-state index in [0.717, 1.165) is 22.3 Å². The minimum Gasteiger partial charge on any atom is -0.388 e. The zero-order chi connectivity index (χ0) is 28.7. The number of hydrogen-bond acceptors (Lipinski definition) is 6. The first-order valence-electron chi connectivity index (χ1n) is 13.7. The summed E-state index contributed by atoms with van der Waals surface area (Å²) in [6, 6.07) is 38.2. The van der Waals surface area contributed by atoms with Crippen LogP contribution in [0.4, 0.5) is 0 Å². The Morgan fingerprint density at radius 3 is 1.68 bits per heavy atom. The Balaban J connectivity index is 1.47. The van der Waals surface area contributed by atoms with E-state index in [9.17, 15) is 15.0 Å². The van der Waals surface area contributed by atoms with Crippen molar-refractivity contribution >= 4 is 5.91 Å². The molecule has 4 aromatic rings. The zero-order valence-electron chi connectivity index (χ0n) is 22.9. The van der Waals surface area contributed by atoms with Crippen LogP contribution in [-0.4, -0.2) is 53.4 Å². The number of nitrogens with one attached hydrogen (secondary N) is 1. The Labute approximate surface area is 240 Å². The fourth-order valence-corrected chi connectivity index (χ4v) is 5.33. The molecular weight excluding hydrogens is 518 g/mol. The normalized spacial score (nSPS) is 22.7. The van der Waals surface area contributed by atoms with Crippen LogP contribution in [0, 0.1) is 0 Å². The molecule has 0 saturated carbocycles. The van der Waals surface area contributed by atoms with Crippen LogP contribution in [0.5, 0.6) is 0 Å². The van der Waals surface area contributed by atoms with E-state index in [1.165, 1.54) is 6.92 Å². The van der Waals surface area contributed by atoms with Gasteiger partial charge in [-0.05, 0) is 22.3 Å². The molecule has 1 aliphatic rings. The summed E-state index contributed by atoms with van der Waals surface area (Å²) in [5.74, 6) is -0.371. The standard InChI is InChI=1S/C34H35NO6/c1-24(36)35-30-32(38)31(37)29(41-33(30)39-22-25-14-6-2-7-15-25)23-40-34(26-16-8-3-9-17-26,27-18-10-4-11-19-27)28-20-12-5-13-21-28/h2-21,29-33,37-38H,22-23H2,1H3,(H,35,36). The van der Waals surface area contributed by atoms with Gasteiger partial charge in [-0.1, -0.05) is 121 Å². The number of aliphatic hydroxyl groups excluding tert-OH is 2. The van der Waals surface area contributed by atoms with Crippen molar-refractivity contribution in [1.29, 1.82) is 0 Å². The number of aliphatic hydroxyl groups is 2. The fourth-order valence-electron chi connectivity index (χ4n) is 5.33. The summed E-state index contributed by atoms with van der Waals surface area (Å²) < 4.78 is 19.1. The van der Waals surface area contributed by atoms with Crippen LogP contribution in [0.25, 0.3) is 0 Å². The molecule has 4 aromatic carbocycles. The maximum atomic E-state index is 12.0. The monoisotopic (exact) mass is 553 g/mol. The van der Waals surface area contributed by atoms with Gasteiger partial charge >= 0.3 is 0 Å². The lowest BCUT2D eigenvalue weighted by Gasteiger charge is -2.44. The predicted octanol–water partition coefficient (Wildman–Crippen LogP) is 4.16. The first-order chi connectivity index (χ1) is 20.0. The number of carbonyl (C=O) groups is 1. The molecule has 5 atom stereocenters. The second-order valence-electron chi connectivity index (χ2n) is 10.1. The molecule has 5 rings (SSSR count). The summed E-state index contributed by atoms with van der Waals surface area (Å²) in [5, 5.41) is 25.0. The number of rotatable bonds is 10. The van der Waals surface area contributed by atoms with Gasteiger partial charge < -0.3 is 29.7 Å². The van der Waals surface area contributed by atoms with Gasteiger partial charge in [-0.3, -0.25) is 4.79 Å². The molecule has 0 aromatic heterocycles. The van der Waals surface area contributed by atoms with E-state index < -0.39 is 36.2 Å². The Morgan fingerprint density at radius 2 is 1.22 bits per heavy atom. The number of hydrogen-bond donors (Lipinski definition) is 3. The van der Waals surface area contributed by atoms with Gasteiger partial charge in [-0.2, -0.15) is 0 Å². The molecule has 212 valence electrons. The van der Waals surface area contributed by atoms with Gasteiger partial charge in [-0.25, -0.2) is 0 Å². The summed E-state index contributed by atoms with van der Waals surface area (Å²) in [4.78, 5) is 12.0. The van der Waals surface area contributed by atoms with Crippen molar-refractivity contribution in [3.05, 3.63) is 144 Å². The third kappa shape index (κ3) is 6.40. The van der Waals surface area contributed by atoms with Crippen molar-refractivity contribution in [2.45, 2.75) is 49.8 Å². The molecule has 41 heavy (non-hydrogen) atoms. The van der Waals surface area contributed by atoms with Crippen molar-refractivity contribution in [2.24, 2.45) is 0 Å². The molecular formula is C34H35NO6. The summed E-state index contributed by atoms with van der Waals surface area (Å²) >= 11 is 0. The average Bonchev–Trinajstić information content (AvgIpc) is 3.02. The Morgan fingerprint density at radius 1 is 0.756 bits per heavy atom. The molecule has 0 spiro atoms. The highest BCUT2D eigenvalue weighted by Gasteiger charge is 2.47. The molecule has 1 fully saturated rings. The first kappa shape index (κ1) is 28.7. The highest BCUT2D eigenvalue weighted by Crippen LogP contribution is 2.41. The Bertz CT molecular complexity index is 1270. The maximum absolute atomic E-state index is 12.0. The van der Waals surface area contributed by atoms with Crippen LogP contribution in [0.1, 0.15) is 29.2 Å². The van der Waals surface area contributed by atoms with E-state index in [-0.39, 0.29) is 19.1 Å². The Kier molecular flexibility index (Phi) is 9.24. The Hall–Kier alpha value is -3.85. The molecule has 5 unspecified atom stereocenters. The number of benzene rings is 4. The molecule has 1 aliphatic heterocycles. The molecule has 1 amide bonds. The van der Waals surface area contributed by atoms with E-state index in [2.05, 4.69) is 5.32 Å². The van der Waals surface area contributed by atoms with Gasteiger partial charge in [0.25, 0.3) is 0 Å². The highest BCUT2D eigenvalue weighted by atomic mass is 16.7. The second-order valence-corrected chi connectivity index (χ2v) is 10.1. The molecule has 3 N–H and O–H groups in total. The van der Waals surface area contributed by atoms with Crippen molar-refractivity contribution in [2.75, 3.05) is 6.61 Å².